The fourth-order valence-corrected chi connectivity index (χ4v) is 4.25. The molecule has 0 bridgehead atoms. The monoisotopic (exact) mass is 442 g/mol. The molecule has 3 N–H and O–H groups in total. The summed E-state index contributed by atoms with van der Waals surface area (Å²) in [5.41, 5.74) is 7.06. The van der Waals surface area contributed by atoms with Gasteiger partial charge in [-0.15, -0.1) is 0 Å². The van der Waals surface area contributed by atoms with Gasteiger partial charge < -0.3 is 20.9 Å². The van der Waals surface area contributed by atoms with Crippen molar-refractivity contribution in [3.63, 3.8) is 0 Å². The number of rotatable bonds is 5. The van der Waals surface area contributed by atoms with E-state index in [0.717, 1.165) is 49.8 Å². The highest BCUT2D eigenvalue weighted by Crippen LogP contribution is 2.28. The van der Waals surface area contributed by atoms with Crippen LogP contribution in [0.2, 0.25) is 0 Å². The molecule has 1 unspecified atom stereocenters. The quantitative estimate of drug-likeness (QED) is 0.744. The van der Waals surface area contributed by atoms with Gasteiger partial charge in [0.2, 0.25) is 17.7 Å². The van der Waals surface area contributed by atoms with E-state index in [2.05, 4.69) is 10.2 Å². The second kappa shape index (κ2) is 8.94. The molecule has 1 atom stereocenters. The number of benzene rings is 2. The molecule has 4 rings (SSSR count). The Morgan fingerprint density at radius 3 is 2.16 bits per heavy atom. The molecule has 0 aromatic heterocycles. The summed E-state index contributed by atoms with van der Waals surface area (Å²) < 4.78 is 27.0. The smallest absolute Gasteiger partial charge is 0.229 e. The molecule has 2 aliphatic heterocycles. The summed E-state index contributed by atoms with van der Waals surface area (Å²) in [7, 11) is 0. The molecular formula is C23H24F2N4O3. The van der Waals surface area contributed by atoms with Crippen molar-refractivity contribution >= 4 is 34.8 Å². The lowest BCUT2D eigenvalue weighted by atomic mass is 9.96. The summed E-state index contributed by atoms with van der Waals surface area (Å²) in [6.45, 7) is 1.53. The maximum Gasteiger partial charge on any atom is 0.229 e. The number of amides is 3. The van der Waals surface area contributed by atoms with Crippen LogP contribution in [0.3, 0.4) is 0 Å². The molecule has 3 amide bonds. The van der Waals surface area contributed by atoms with Crippen molar-refractivity contribution in [2.75, 3.05) is 34.8 Å². The molecule has 0 aliphatic carbocycles. The Bertz CT molecular complexity index is 1020. The van der Waals surface area contributed by atoms with Crippen molar-refractivity contribution in [1.82, 2.24) is 0 Å². The Hall–Kier alpha value is -3.49. The van der Waals surface area contributed by atoms with E-state index in [9.17, 15) is 23.2 Å². The van der Waals surface area contributed by atoms with Crippen LogP contribution in [0.25, 0.3) is 0 Å². The van der Waals surface area contributed by atoms with Crippen molar-refractivity contribution in [3.05, 3.63) is 54.1 Å². The average Bonchev–Trinajstić information content (AvgIpc) is 3.15. The number of nitrogens with one attached hydrogen (secondary N) is 1. The zero-order valence-corrected chi connectivity index (χ0v) is 17.4. The van der Waals surface area contributed by atoms with Crippen LogP contribution in [0.1, 0.15) is 19.3 Å². The summed E-state index contributed by atoms with van der Waals surface area (Å²) in [6.07, 6.45) is 1.40. The van der Waals surface area contributed by atoms with E-state index >= 15 is 0 Å². The van der Waals surface area contributed by atoms with Gasteiger partial charge in [-0.25, -0.2) is 8.78 Å². The third kappa shape index (κ3) is 4.71. The van der Waals surface area contributed by atoms with Gasteiger partial charge >= 0.3 is 0 Å². The van der Waals surface area contributed by atoms with Gasteiger partial charge in [0.15, 0.2) is 0 Å². The molecule has 2 fully saturated rings. The Morgan fingerprint density at radius 1 is 0.938 bits per heavy atom. The second-order valence-electron chi connectivity index (χ2n) is 8.23. The maximum atomic E-state index is 13.5. The summed E-state index contributed by atoms with van der Waals surface area (Å²) in [6, 6.07) is 10.2. The largest absolute Gasteiger partial charge is 0.371 e. The lowest BCUT2D eigenvalue weighted by molar-refractivity contribution is -0.122. The predicted octanol–water partition coefficient (Wildman–Crippen LogP) is 2.66. The van der Waals surface area contributed by atoms with Crippen LogP contribution >= 0.6 is 0 Å². The summed E-state index contributed by atoms with van der Waals surface area (Å²) >= 11 is 0. The topological polar surface area (TPSA) is 95.7 Å². The van der Waals surface area contributed by atoms with Crippen molar-refractivity contribution in [2.24, 2.45) is 17.6 Å². The molecule has 2 aromatic carbocycles. The molecule has 2 saturated heterocycles. The van der Waals surface area contributed by atoms with E-state index < -0.39 is 17.6 Å². The van der Waals surface area contributed by atoms with Crippen LogP contribution in [-0.4, -0.2) is 37.4 Å². The third-order valence-corrected chi connectivity index (χ3v) is 6.05. The second-order valence-corrected chi connectivity index (χ2v) is 8.23. The van der Waals surface area contributed by atoms with Gasteiger partial charge in [0.1, 0.15) is 11.6 Å². The lowest BCUT2D eigenvalue weighted by Crippen LogP contribution is -2.38. The van der Waals surface area contributed by atoms with Crippen molar-refractivity contribution in [3.8, 4) is 0 Å². The number of primary amides is 1. The fourth-order valence-electron chi connectivity index (χ4n) is 4.25. The number of hydrogen-bond acceptors (Lipinski definition) is 4. The van der Waals surface area contributed by atoms with Crippen LogP contribution in [0.5, 0.6) is 0 Å². The number of hydrogen-bond donors (Lipinski definition) is 2. The van der Waals surface area contributed by atoms with E-state index in [-0.39, 0.29) is 42.3 Å². The first-order valence-electron chi connectivity index (χ1n) is 10.5. The molecular weight excluding hydrogens is 418 g/mol. The molecule has 2 heterocycles. The maximum absolute atomic E-state index is 13.5. The number of nitrogens with zero attached hydrogens (tertiary/aromatic N) is 2. The van der Waals surface area contributed by atoms with Crippen LogP contribution in [0.4, 0.5) is 25.8 Å². The van der Waals surface area contributed by atoms with Crippen molar-refractivity contribution < 1.29 is 23.2 Å². The standard InChI is InChI=1S/C23H24F2N4O3/c24-16-10-17(25)12-20(11-16)29-13-15(9-21(29)30)23(32)27-18-1-3-19(4-2-18)28-7-5-14(6-8-28)22(26)31/h1-4,10-12,14-15H,5-9,13H2,(H2,26,31)(H,27,32). The van der Waals surface area contributed by atoms with Gasteiger partial charge in [0.05, 0.1) is 5.92 Å². The summed E-state index contributed by atoms with van der Waals surface area (Å²) in [5, 5.41) is 2.81. The molecule has 168 valence electrons. The number of nitrogens with two attached hydrogens (primary N) is 1. The minimum absolute atomic E-state index is 0.0309. The minimum Gasteiger partial charge on any atom is -0.371 e. The molecule has 32 heavy (non-hydrogen) atoms. The molecule has 9 heteroatoms. The van der Waals surface area contributed by atoms with E-state index in [1.165, 1.54) is 4.90 Å². The highest BCUT2D eigenvalue weighted by molar-refractivity contribution is 6.03. The van der Waals surface area contributed by atoms with E-state index in [1.807, 2.05) is 12.1 Å². The third-order valence-electron chi connectivity index (χ3n) is 6.05. The fraction of sp³-hybridized carbons (Fsp3) is 0.348. The molecule has 2 aromatic rings. The molecule has 7 nitrogen and oxygen atoms in total. The normalized spacial score (nSPS) is 19.3. The molecule has 0 radical (unpaired) electrons. The number of carbonyl (C=O) groups is 3. The zero-order chi connectivity index (χ0) is 22.8. The van der Waals surface area contributed by atoms with Gasteiger partial charge in [-0.2, -0.15) is 0 Å². The Balaban J connectivity index is 1.35. The van der Waals surface area contributed by atoms with E-state index in [1.54, 1.807) is 12.1 Å². The highest BCUT2D eigenvalue weighted by atomic mass is 19.1. The molecule has 0 spiro atoms. The van der Waals surface area contributed by atoms with Crippen LogP contribution in [0, 0.1) is 23.5 Å². The SMILES string of the molecule is NC(=O)C1CCN(c2ccc(NC(=O)C3CC(=O)N(c4cc(F)cc(F)c4)C3)cc2)CC1. The minimum atomic E-state index is -0.778. The molecule has 2 aliphatic rings. The van der Waals surface area contributed by atoms with Gasteiger partial charge in [0, 0.05) is 55.1 Å². The Morgan fingerprint density at radius 2 is 1.56 bits per heavy atom. The van der Waals surface area contributed by atoms with Gasteiger partial charge in [-0.3, -0.25) is 14.4 Å². The first kappa shape index (κ1) is 21.7. The van der Waals surface area contributed by atoms with Crippen molar-refractivity contribution in [1.29, 1.82) is 0 Å². The number of anilines is 3. The predicted molar refractivity (Wildman–Crippen MR) is 116 cm³/mol. The number of carbonyl (C=O) groups excluding carboxylic acids is 3. The first-order valence-corrected chi connectivity index (χ1v) is 10.5. The zero-order valence-electron chi connectivity index (χ0n) is 17.4. The Kier molecular flexibility index (Phi) is 6.07. The van der Waals surface area contributed by atoms with Crippen LogP contribution < -0.4 is 20.9 Å². The highest BCUT2D eigenvalue weighted by Gasteiger charge is 2.35. The molecule has 0 saturated carbocycles. The Labute approximate surface area is 184 Å². The number of halogens is 2. The summed E-state index contributed by atoms with van der Waals surface area (Å²) in [4.78, 5) is 39.7. The van der Waals surface area contributed by atoms with Crippen LogP contribution in [0.15, 0.2) is 42.5 Å². The van der Waals surface area contributed by atoms with E-state index in [4.69, 9.17) is 5.73 Å². The van der Waals surface area contributed by atoms with Crippen LogP contribution in [-0.2, 0) is 14.4 Å². The lowest BCUT2D eigenvalue weighted by Gasteiger charge is -2.32. The van der Waals surface area contributed by atoms with Gasteiger partial charge in [0.25, 0.3) is 0 Å². The van der Waals surface area contributed by atoms with Gasteiger partial charge in [-0.1, -0.05) is 0 Å². The number of piperidine rings is 1. The van der Waals surface area contributed by atoms with Gasteiger partial charge in [-0.05, 0) is 49.2 Å². The summed E-state index contributed by atoms with van der Waals surface area (Å²) in [5.74, 6) is -3.20. The van der Waals surface area contributed by atoms with E-state index in [0.29, 0.717) is 5.69 Å². The first-order chi connectivity index (χ1) is 15.3. The van der Waals surface area contributed by atoms with Crippen molar-refractivity contribution in [2.45, 2.75) is 19.3 Å². The average molecular weight is 442 g/mol.